The Hall–Kier alpha value is -5.11. The number of ether oxygens (including phenoxy) is 2. The van der Waals surface area contributed by atoms with Gasteiger partial charge >= 0.3 is 5.97 Å². The lowest BCUT2D eigenvalue weighted by Gasteiger charge is -2.25. The number of carboxylic acid groups (broad SMARTS) is 1. The van der Waals surface area contributed by atoms with Crippen LogP contribution in [0.5, 0.6) is 17.2 Å². The number of likely N-dealkylation sites (tertiary alicyclic amines) is 1. The first kappa shape index (κ1) is 28.4. The minimum atomic E-state index is -1.08. The topological polar surface area (TPSA) is 96.4 Å². The number of para-hydroxylation sites is 1. The maximum Gasteiger partial charge on any atom is 0.337 e. The summed E-state index contributed by atoms with van der Waals surface area (Å²) in [7, 11) is 1.57. The van der Waals surface area contributed by atoms with Crippen molar-refractivity contribution in [1.29, 1.82) is 0 Å². The highest BCUT2D eigenvalue weighted by Crippen LogP contribution is 2.26. The van der Waals surface area contributed by atoms with E-state index in [-0.39, 0.29) is 29.8 Å². The van der Waals surface area contributed by atoms with E-state index in [1.54, 1.807) is 37.4 Å². The summed E-state index contributed by atoms with van der Waals surface area (Å²) in [6.07, 6.45) is 1.99. The monoisotopic (exact) mass is 564 g/mol. The molecule has 1 fully saturated rings. The molecule has 42 heavy (non-hydrogen) atoms. The zero-order valence-corrected chi connectivity index (χ0v) is 23.3. The molecular formula is C34H32N2O6. The largest absolute Gasteiger partial charge is 0.491 e. The van der Waals surface area contributed by atoms with Crippen molar-refractivity contribution in [3.05, 3.63) is 120 Å². The Balaban J connectivity index is 1.12. The molecule has 4 aromatic carbocycles. The molecule has 0 aromatic heterocycles. The number of aromatic carboxylic acids is 1. The van der Waals surface area contributed by atoms with Gasteiger partial charge in [0.1, 0.15) is 23.9 Å². The van der Waals surface area contributed by atoms with E-state index in [1.807, 2.05) is 71.6 Å². The van der Waals surface area contributed by atoms with E-state index in [0.717, 1.165) is 24.9 Å². The quantitative estimate of drug-likeness (QED) is 0.251. The second-order valence-electron chi connectivity index (χ2n) is 10.1. The van der Waals surface area contributed by atoms with Crippen LogP contribution in [-0.2, 0) is 11.2 Å². The first-order chi connectivity index (χ1) is 20.4. The molecule has 1 aliphatic rings. The van der Waals surface area contributed by atoms with Crippen LogP contribution < -0.4 is 14.4 Å². The zero-order chi connectivity index (χ0) is 29.5. The molecule has 2 amide bonds. The summed E-state index contributed by atoms with van der Waals surface area (Å²) >= 11 is 0. The molecule has 214 valence electrons. The highest BCUT2D eigenvalue weighted by atomic mass is 16.5. The molecule has 0 aliphatic carbocycles. The minimum Gasteiger partial charge on any atom is -0.491 e. The molecule has 1 heterocycles. The van der Waals surface area contributed by atoms with Gasteiger partial charge in [-0.25, -0.2) is 4.79 Å². The standard InChI is InChI=1S/C34H32N2O6/c1-35(31-12-6-5-11-30(31)34(39)40)32(37)22-24-13-15-28(16-14-24)42-29-19-17-27(18-20-29)41-23-26-10-7-21-36(26)33(38)25-8-3-2-4-9-25/h2-6,8-9,11-20,26H,7,10,21-23H2,1H3,(H,39,40)/t26-/m1/s1. The van der Waals surface area contributed by atoms with Crippen LogP contribution in [0.15, 0.2) is 103 Å². The van der Waals surface area contributed by atoms with Crippen molar-refractivity contribution in [1.82, 2.24) is 4.90 Å². The van der Waals surface area contributed by atoms with Crippen molar-refractivity contribution in [2.45, 2.75) is 25.3 Å². The number of carbonyl (C=O) groups excluding carboxylic acids is 2. The molecule has 1 atom stereocenters. The Labute approximate surface area is 244 Å². The summed E-state index contributed by atoms with van der Waals surface area (Å²) in [5.74, 6) is 0.684. The van der Waals surface area contributed by atoms with Crippen molar-refractivity contribution in [2.24, 2.45) is 0 Å². The summed E-state index contributed by atoms with van der Waals surface area (Å²) in [5, 5.41) is 9.42. The van der Waals surface area contributed by atoms with Gasteiger partial charge in [-0.2, -0.15) is 0 Å². The molecular weight excluding hydrogens is 532 g/mol. The van der Waals surface area contributed by atoms with Gasteiger partial charge in [-0.3, -0.25) is 9.59 Å². The summed E-state index contributed by atoms with van der Waals surface area (Å²) < 4.78 is 12.0. The van der Waals surface area contributed by atoms with Crippen LogP contribution in [0.25, 0.3) is 0 Å². The minimum absolute atomic E-state index is 0.0331. The molecule has 1 aliphatic heterocycles. The van der Waals surface area contributed by atoms with Crippen LogP contribution in [0.1, 0.15) is 39.1 Å². The zero-order valence-electron chi connectivity index (χ0n) is 23.3. The van der Waals surface area contributed by atoms with Crippen LogP contribution in [0.4, 0.5) is 5.69 Å². The summed E-state index contributed by atoms with van der Waals surface area (Å²) in [6.45, 7) is 1.16. The van der Waals surface area contributed by atoms with Gasteiger partial charge in [0.25, 0.3) is 5.91 Å². The molecule has 1 N–H and O–H groups in total. The highest BCUT2D eigenvalue weighted by molar-refractivity contribution is 6.02. The van der Waals surface area contributed by atoms with Crippen LogP contribution >= 0.6 is 0 Å². The van der Waals surface area contributed by atoms with E-state index >= 15 is 0 Å². The smallest absolute Gasteiger partial charge is 0.337 e. The van der Waals surface area contributed by atoms with Crippen LogP contribution in [0, 0.1) is 0 Å². The summed E-state index contributed by atoms with van der Waals surface area (Å²) in [6, 6.07) is 30.3. The van der Waals surface area contributed by atoms with E-state index in [0.29, 0.717) is 35.1 Å². The van der Waals surface area contributed by atoms with Crippen LogP contribution in [0.3, 0.4) is 0 Å². The van der Waals surface area contributed by atoms with Crippen molar-refractivity contribution < 1.29 is 29.0 Å². The molecule has 4 aromatic rings. The van der Waals surface area contributed by atoms with Gasteiger partial charge in [0.2, 0.25) is 5.91 Å². The predicted octanol–water partition coefficient (Wildman–Crippen LogP) is 6.07. The van der Waals surface area contributed by atoms with Gasteiger partial charge in [-0.1, -0.05) is 42.5 Å². The lowest BCUT2D eigenvalue weighted by atomic mass is 10.1. The van der Waals surface area contributed by atoms with Crippen molar-refractivity contribution in [3.63, 3.8) is 0 Å². The highest BCUT2D eigenvalue weighted by Gasteiger charge is 2.30. The Morgan fingerprint density at radius 2 is 1.45 bits per heavy atom. The van der Waals surface area contributed by atoms with Gasteiger partial charge in [0.05, 0.1) is 23.7 Å². The van der Waals surface area contributed by atoms with E-state index in [4.69, 9.17) is 9.47 Å². The number of likely N-dealkylation sites (N-methyl/N-ethyl adjacent to an activating group) is 1. The number of carboxylic acids is 1. The predicted molar refractivity (Wildman–Crippen MR) is 159 cm³/mol. The first-order valence-electron chi connectivity index (χ1n) is 13.8. The molecule has 8 heteroatoms. The lowest BCUT2D eigenvalue weighted by molar-refractivity contribution is -0.117. The Bertz CT molecular complexity index is 1540. The van der Waals surface area contributed by atoms with Crippen LogP contribution in [-0.4, -0.2) is 54.0 Å². The van der Waals surface area contributed by atoms with Gasteiger partial charge in [0.15, 0.2) is 0 Å². The van der Waals surface area contributed by atoms with E-state index in [9.17, 15) is 19.5 Å². The van der Waals surface area contributed by atoms with Crippen molar-refractivity contribution in [3.8, 4) is 17.2 Å². The number of carbonyl (C=O) groups is 3. The molecule has 5 rings (SSSR count). The third kappa shape index (κ3) is 6.78. The fourth-order valence-electron chi connectivity index (χ4n) is 5.01. The second kappa shape index (κ2) is 13.0. The van der Waals surface area contributed by atoms with Gasteiger partial charge in [-0.05, 0) is 79.1 Å². The summed E-state index contributed by atoms with van der Waals surface area (Å²) in [5.41, 5.74) is 1.90. The SMILES string of the molecule is CN(C(=O)Cc1ccc(Oc2ccc(OC[C@H]3CCCN3C(=O)c3ccccc3)cc2)cc1)c1ccccc1C(=O)O. The second-order valence-corrected chi connectivity index (χ2v) is 10.1. The fraction of sp³-hybridized carbons (Fsp3) is 0.206. The van der Waals surface area contributed by atoms with Gasteiger partial charge in [0, 0.05) is 19.2 Å². The fourth-order valence-corrected chi connectivity index (χ4v) is 5.01. The third-order valence-electron chi connectivity index (χ3n) is 7.31. The van der Waals surface area contributed by atoms with Crippen LogP contribution in [0.2, 0.25) is 0 Å². The van der Waals surface area contributed by atoms with Gasteiger partial charge < -0.3 is 24.4 Å². The van der Waals surface area contributed by atoms with Crippen molar-refractivity contribution >= 4 is 23.5 Å². The van der Waals surface area contributed by atoms with E-state index < -0.39 is 5.97 Å². The molecule has 0 saturated carbocycles. The van der Waals surface area contributed by atoms with Crippen molar-refractivity contribution in [2.75, 3.05) is 25.1 Å². The number of hydrogen-bond donors (Lipinski definition) is 1. The number of benzene rings is 4. The first-order valence-corrected chi connectivity index (χ1v) is 13.8. The number of rotatable bonds is 10. The molecule has 0 spiro atoms. The maximum absolute atomic E-state index is 12.9. The van der Waals surface area contributed by atoms with E-state index in [2.05, 4.69) is 0 Å². The molecule has 8 nitrogen and oxygen atoms in total. The number of hydrogen-bond acceptors (Lipinski definition) is 5. The Kier molecular flexibility index (Phi) is 8.82. The van der Waals surface area contributed by atoms with E-state index in [1.165, 1.54) is 11.0 Å². The molecule has 0 bridgehead atoms. The normalized spacial score (nSPS) is 14.3. The molecule has 0 unspecified atom stereocenters. The average molecular weight is 565 g/mol. The maximum atomic E-state index is 12.9. The Morgan fingerprint density at radius 3 is 2.14 bits per heavy atom. The molecule has 1 saturated heterocycles. The Morgan fingerprint density at radius 1 is 0.833 bits per heavy atom. The van der Waals surface area contributed by atoms with Gasteiger partial charge in [-0.15, -0.1) is 0 Å². The lowest BCUT2D eigenvalue weighted by Crippen LogP contribution is -2.39. The molecule has 0 radical (unpaired) electrons. The number of nitrogens with zero attached hydrogens (tertiary/aromatic N) is 2. The average Bonchev–Trinajstić information content (AvgIpc) is 3.50. The summed E-state index contributed by atoms with van der Waals surface area (Å²) in [4.78, 5) is 40.5. The third-order valence-corrected chi connectivity index (χ3v) is 7.31. The number of anilines is 1. The number of amides is 2.